The van der Waals surface area contributed by atoms with Crippen LogP contribution in [-0.4, -0.2) is 28.9 Å². The molecule has 1 heterocycles. The lowest BCUT2D eigenvalue weighted by Crippen LogP contribution is -2.32. The fourth-order valence-electron chi connectivity index (χ4n) is 2.84. The van der Waals surface area contributed by atoms with E-state index in [2.05, 4.69) is 53.1 Å². The summed E-state index contributed by atoms with van der Waals surface area (Å²) < 4.78 is 6.12. The van der Waals surface area contributed by atoms with E-state index in [4.69, 9.17) is 4.74 Å². The van der Waals surface area contributed by atoms with Gasteiger partial charge in [-0.25, -0.2) is 0 Å². The summed E-state index contributed by atoms with van der Waals surface area (Å²) in [5, 5.41) is 0. The van der Waals surface area contributed by atoms with Crippen LogP contribution in [0.5, 0.6) is 0 Å². The summed E-state index contributed by atoms with van der Waals surface area (Å²) in [4.78, 5) is 0. The smallest absolute Gasteiger partial charge is 0.0680 e. The van der Waals surface area contributed by atoms with Crippen molar-refractivity contribution < 1.29 is 4.74 Å². The maximum Gasteiger partial charge on any atom is 0.0680 e. The third kappa shape index (κ3) is 6.41. The van der Waals surface area contributed by atoms with Crippen molar-refractivity contribution in [2.24, 2.45) is 5.92 Å². The molecule has 1 unspecified atom stereocenters. The molecule has 0 saturated heterocycles. The highest BCUT2D eigenvalue weighted by atomic mass is 28.3. The Morgan fingerprint density at radius 2 is 1.42 bits per heavy atom. The van der Waals surface area contributed by atoms with Crippen LogP contribution >= 0.6 is 0 Å². The first kappa shape index (κ1) is 17.2. The van der Waals surface area contributed by atoms with Crippen LogP contribution in [0.4, 0.5) is 0 Å². The quantitative estimate of drug-likeness (QED) is 0.487. The van der Waals surface area contributed by atoms with E-state index in [9.17, 15) is 0 Å². The Morgan fingerprint density at radius 3 is 1.84 bits per heavy atom. The average Bonchev–Trinajstić information content (AvgIpc) is 2.15. The third-order valence-electron chi connectivity index (χ3n) is 3.65. The van der Waals surface area contributed by atoms with Crippen molar-refractivity contribution in [1.29, 1.82) is 0 Å². The number of rotatable bonds is 5. The predicted octanol–water partition coefficient (Wildman–Crippen LogP) is 5.40. The van der Waals surface area contributed by atoms with E-state index in [0.717, 1.165) is 6.61 Å². The maximum atomic E-state index is 6.12. The number of ether oxygens (including phenoxy) is 1. The molecule has 0 spiro atoms. The minimum absolute atomic E-state index is 0.455. The molecule has 19 heavy (non-hydrogen) atoms. The number of hydrogen-bond acceptors (Lipinski definition) is 1. The normalized spacial score (nSPS) is 22.3. The van der Waals surface area contributed by atoms with E-state index in [1.807, 2.05) is 0 Å². The summed E-state index contributed by atoms with van der Waals surface area (Å²) in [7, 11) is -2.06. The van der Waals surface area contributed by atoms with Crippen LogP contribution in [0.25, 0.3) is 0 Å². The first-order chi connectivity index (χ1) is 8.48. The van der Waals surface area contributed by atoms with E-state index in [1.54, 1.807) is 11.1 Å². The Balaban J connectivity index is 2.92. The van der Waals surface area contributed by atoms with Gasteiger partial charge in [-0.05, 0) is 30.0 Å². The lowest BCUT2D eigenvalue weighted by Gasteiger charge is -2.34. The van der Waals surface area contributed by atoms with E-state index < -0.39 is 16.1 Å². The van der Waals surface area contributed by atoms with Gasteiger partial charge in [-0.1, -0.05) is 58.7 Å². The van der Waals surface area contributed by atoms with Crippen LogP contribution in [0.3, 0.4) is 0 Å². The Kier molecular flexibility index (Phi) is 5.67. The summed E-state index contributed by atoms with van der Waals surface area (Å²) >= 11 is 0. The van der Waals surface area contributed by atoms with Crippen LogP contribution in [-0.2, 0) is 4.74 Å². The zero-order chi connectivity index (χ0) is 14.8. The van der Waals surface area contributed by atoms with Gasteiger partial charge in [0.05, 0.1) is 12.7 Å². The minimum atomic E-state index is -1.03. The van der Waals surface area contributed by atoms with E-state index >= 15 is 0 Å². The van der Waals surface area contributed by atoms with Gasteiger partial charge >= 0.3 is 0 Å². The van der Waals surface area contributed by atoms with Crippen molar-refractivity contribution in [3.05, 3.63) is 11.1 Å². The van der Waals surface area contributed by atoms with Crippen molar-refractivity contribution in [3.63, 3.8) is 0 Å². The number of hydrogen-bond donors (Lipinski definition) is 0. The zero-order valence-electron chi connectivity index (χ0n) is 14.4. The average molecular weight is 299 g/mol. The molecule has 0 radical (unpaired) electrons. The van der Waals surface area contributed by atoms with Gasteiger partial charge in [0.2, 0.25) is 0 Å². The molecule has 1 rings (SSSR count). The Hall–Kier alpha value is 0.134. The maximum absolute atomic E-state index is 6.12. The fraction of sp³-hybridized carbons (Fsp3) is 0.875. The molecule has 112 valence electrons. The molecular weight excluding hydrogens is 264 g/mol. The summed E-state index contributed by atoms with van der Waals surface area (Å²) in [6.45, 7) is 20.4. The van der Waals surface area contributed by atoms with E-state index in [0.29, 0.717) is 12.0 Å². The van der Waals surface area contributed by atoms with Gasteiger partial charge in [0.1, 0.15) is 0 Å². The van der Waals surface area contributed by atoms with Crippen LogP contribution in [0.2, 0.25) is 51.4 Å². The highest BCUT2D eigenvalue weighted by molar-refractivity contribution is 6.77. The van der Waals surface area contributed by atoms with Crippen molar-refractivity contribution >= 4 is 16.1 Å². The highest BCUT2D eigenvalue weighted by Crippen LogP contribution is 2.34. The molecule has 1 aliphatic rings. The molecule has 1 atom stereocenters. The first-order valence-electron chi connectivity index (χ1n) is 7.79. The highest BCUT2D eigenvalue weighted by Gasteiger charge is 2.29. The Labute approximate surface area is 122 Å². The fourth-order valence-corrected chi connectivity index (χ4v) is 6.14. The summed E-state index contributed by atoms with van der Waals surface area (Å²) in [6.07, 6.45) is 1.65. The second kappa shape index (κ2) is 6.27. The zero-order valence-corrected chi connectivity index (χ0v) is 16.4. The SMILES string of the molecule is CC(C)C1CC(C[Si](C)(C)C)=C(C[Si](C)(C)C)CO1. The standard InChI is InChI=1S/C16H34OSi2/c1-13(2)16-9-14(11-18(3,4)5)15(10-17-16)12-19(6,7)8/h13,16H,9-12H2,1-8H3. The molecule has 1 aliphatic heterocycles. The molecule has 0 aromatic rings. The topological polar surface area (TPSA) is 9.23 Å². The van der Waals surface area contributed by atoms with E-state index in [-0.39, 0.29) is 0 Å². The van der Waals surface area contributed by atoms with Crippen LogP contribution in [0, 0.1) is 5.92 Å². The van der Waals surface area contributed by atoms with Crippen molar-refractivity contribution in [3.8, 4) is 0 Å². The molecule has 0 amide bonds. The molecule has 1 nitrogen and oxygen atoms in total. The molecule has 0 fully saturated rings. The molecule has 0 aromatic carbocycles. The lowest BCUT2D eigenvalue weighted by molar-refractivity contribution is 0.0263. The largest absolute Gasteiger partial charge is 0.373 e. The minimum Gasteiger partial charge on any atom is -0.373 e. The Bertz CT molecular complexity index is 332. The monoisotopic (exact) mass is 298 g/mol. The van der Waals surface area contributed by atoms with Gasteiger partial charge in [0, 0.05) is 16.1 Å². The van der Waals surface area contributed by atoms with Crippen LogP contribution < -0.4 is 0 Å². The first-order valence-corrected chi connectivity index (χ1v) is 15.2. The molecule has 0 aromatic heterocycles. The Morgan fingerprint density at radius 1 is 0.947 bits per heavy atom. The third-order valence-corrected chi connectivity index (χ3v) is 6.63. The van der Waals surface area contributed by atoms with Gasteiger partial charge < -0.3 is 4.74 Å². The van der Waals surface area contributed by atoms with Crippen LogP contribution in [0.1, 0.15) is 20.3 Å². The molecular formula is C16H34OSi2. The molecule has 3 heteroatoms. The molecule has 0 aliphatic carbocycles. The summed E-state index contributed by atoms with van der Waals surface area (Å²) in [5.74, 6) is 0.644. The lowest BCUT2D eigenvalue weighted by atomic mass is 9.95. The van der Waals surface area contributed by atoms with E-state index in [1.165, 1.54) is 18.5 Å². The predicted molar refractivity (Wildman–Crippen MR) is 92.5 cm³/mol. The van der Waals surface area contributed by atoms with Gasteiger partial charge in [-0.2, -0.15) is 0 Å². The van der Waals surface area contributed by atoms with Crippen molar-refractivity contribution in [2.45, 2.75) is 77.7 Å². The summed E-state index contributed by atoms with van der Waals surface area (Å²) in [5.41, 5.74) is 3.44. The summed E-state index contributed by atoms with van der Waals surface area (Å²) in [6, 6.07) is 2.71. The molecule has 0 saturated carbocycles. The molecule has 0 N–H and O–H groups in total. The van der Waals surface area contributed by atoms with Gasteiger partial charge in [0.25, 0.3) is 0 Å². The van der Waals surface area contributed by atoms with Gasteiger partial charge in [0.15, 0.2) is 0 Å². The van der Waals surface area contributed by atoms with Crippen LogP contribution in [0.15, 0.2) is 11.1 Å². The second-order valence-corrected chi connectivity index (χ2v) is 19.9. The van der Waals surface area contributed by atoms with Crippen molar-refractivity contribution in [2.75, 3.05) is 6.61 Å². The second-order valence-electron chi connectivity index (χ2n) is 8.98. The molecule has 0 bridgehead atoms. The van der Waals surface area contributed by atoms with Gasteiger partial charge in [-0.3, -0.25) is 0 Å². The van der Waals surface area contributed by atoms with Crippen molar-refractivity contribution in [1.82, 2.24) is 0 Å². The van der Waals surface area contributed by atoms with Gasteiger partial charge in [-0.15, -0.1) is 0 Å².